The Bertz CT molecular complexity index is 1260. The van der Waals surface area contributed by atoms with Crippen molar-refractivity contribution in [3.05, 3.63) is 51.3 Å². The average Bonchev–Trinajstić information content (AvgIpc) is 3.05. The summed E-state index contributed by atoms with van der Waals surface area (Å²) in [7, 11) is 0. The molecule has 1 unspecified atom stereocenters. The summed E-state index contributed by atoms with van der Waals surface area (Å²) in [6.45, 7) is 1.69. The lowest BCUT2D eigenvalue weighted by atomic mass is 9.86. The summed E-state index contributed by atoms with van der Waals surface area (Å²) in [6.07, 6.45) is 0.0763. The minimum Gasteiger partial charge on any atom is -0.504 e. The van der Waals surface area contributed by atoms with Crippen molar-refractivity contribution in [3.8, 4) is 22.9 Å². The third-order valence-electron chi connectivity index (χ3n) is 5.64. The van der Waals surface area contributed by atoms with Crippen LogP contribution in [0.4, 0.5) is 0 Å². The summed E-state index contributed by atoms with van der Waals surface area (Å²) >= 11 is 0. The van der Waals surface area contributed by atoms with Crippen LogP contribution in [-0.4, -0.2) is 30.8 Å². The first-order valence-corrected chi connectivity index (χ1v) is 8.87. The summed E-state index contributed by atoms with van der Waals surface area (Å²) in [5.41, 5.74) is 0.478. The third kappa shape index (κ3) is 1.95. The number of benzene rings is 1. The first-order valence-electron chi connectivity index (χ1n) is 8.87. The van der Waals surface area contributed by atoms with Gasteiger partial charge in [-0.05, 0) is 30.7 Å². The minimum absolute atomic E-state index is 0.0763. The van der Waals surface area contributed by atoms with E-state index < -0.39 is 11.6 Å². The highest BCUT2D eigenvalue weighted by Crippen LogP contribution is 2.40. The fraction of sp³-hybridized carbons (Fsp3) is 0.250. The smallest absolute Gasteiger partial charge is 0.343 e. The number of phenols is 2. The molecule has 0 fully saturated rings. The van der Waals surface area contributed by atoms with Gasteiger partial charge in [-0.15, -0.1) is 0 Å². The maximum atomic E-state index is 13.0. The Kier molecular flexibility index (Phi) is 3.19. The van der Waals surface area contributed by atoms with Gasteiger partial charge in [-0.1, -0.05) is 6.92 Å². The molecule has 2 aromatic heterocycles. The quantitative estimate of drug-likeness (QED) is 0.338. The summed E-state index contributed by atoms with van der Waals surface area (Å²) in [5.74, 6) is -1.28. The van der Waals surface area contributed by atoms with Gasteiger partial charge in [0, 0.05) is 16.5 Å². The first-order chi connectivity index (χ1) is 13.3. The van der Waals surface area contributed by atoms with Crippen LogP contribution in [0.5, 0.6) is 11.5 Å². The van der Waals surface area contributed by atoms with E-state index in [-0.39, 0.29) is 47.8 Å². The number of nitrogens with zero attached hydrogens (tertiary/aromatic N) is 2. The second-order valence-corrected chi connectivity index (χ2v) is 7.10. The third-order valence-corrected chi connectivity index (χ3v) is 5.64. The van der Waals surface area contributed by atoms with Gasteiger partial charge in [0.25, 0.3) is 5.56 Å². The molecule has 0 radical (unpaired) electrons. The van der Waals surface area contributed by atoms with Gasteiger partial charge in [-0.2, -0.15) is 0 Å². The Hall–Kier alpha value is -3.39. The Morgan fingerprint density at radius 3 is 2.79 bits per heavy atom. The van der Waals surface area contributed by atoms with Crippen molar-refractivity contribution in [1.82, 2.24) is 9.55 Å². The highest BCUT2D eigenvalue weighted by atomic mass is 16.6. The molecule has 1 atom stereocenters. The fourth-order valence-corrected chi connectivity index (χ4v) is 4.03. The van der Waals surface area contributed by atoms with Crippen molar-refractivity contribution in [2.24, 2.45) is 0 Å². The van der Waals surface area contributed by atoms with E-state index in [0.29, 0.717) is 27.9 Å². The average molecular weight is 380 g/mol. The van der Waals surface area contributed by atoms with Gasteiger partial charge >= 0.3 is 5.97 Å². The number of aromatic hydroxyl groups is 2. The molecule has 0 bridgehead atoms. The van der Waals surface area contributed by atoms with Gasteiger partial charge in [0.2, 0.25) is 0 Å². The lowest BCUT2D eigenvalue weighted by Gasteiger charge is -2.31. The molecular formula is C20H16N2O6. The molecule has 0 spiro atoms. The molecule has 0 saturated heterocycles. The number of aliphatic hydroxyl groups is 1. The second kappa shape index (κ2) is 5.32. The Morgan fingerprint density at radius 2 is 2.04 bits per heavy atom. The van der Waals surface area contributed by atoms with Gasteiger partial charge < -0.3 is 24.6 Å². The number of hydrogen-bond donors (Lipinski definition) is 3. The molecule has 1 aromatic carbocycles. The molecule has 2 aliphatic rings. The molecule has 0 amide bonds. The highest BCUT2D eigenvalue weighted by molar-refractivity contribution is 5.91. The minimum atomic E-state index is -1.87. The summed E-state index contributed by atoms with van der Waals surface area (Å²) in [5, 5.41) is 31.1. The molecule has 3 N–H and O–H groups in total. The van der Waals surface area contributed by atoms with Crippen molar-refractivity contribution >= 4 is 16.9 Å². The van der Waals surface area contributed by atoms with Gasteiger partial charge in [0.15, 0.2) is 17.1 Å². The summed E-state index contributed by atoms with van der Waals surface area (Å²) in [4.78, 5) is 29.8. The van der Waals surface area contributed by atoms with Crippen molar-refractivity contribution in [1.29, 1.82) is 0 Å². The number of carbonyl (C=O) groups excluding carboxylic acids is 1. The van der Waals surface area contributed by atoms with E-state index in [1.165, 1.54) is 10.6 Å². The standard InChI is InChI=1S/C20H16N2O6/c1-2-20(27)12-6-14-16-9(5-10-13(21-16)3-4-15(23)17(10)24)7-22(14)18(25)11(12)8-28-19(20)26/h3-6,23-24,27H,2,7-8H2,1H3. The van der Waals surface area contributed by atoms with Gasteiger partial charge in [0.1, 0.15) is 6.61 Å². The zero-order valence-electron chi connectivity index (χ0n) is 14.9. The summed E-state index contributed by atoms with van der Waals surface area (Å²) in [6, 6.07) is 6.23. The fourth-order valence-electron chi connectivity index (χ4n) is 4.03. The number of esters is 1. The lowest BCUT2D eigenvalue weighted by molar-refractivity contribution is -0.172. The monoisotopic (exact) mass is 380 g/mol. The molecule has 0 saturated carbocycles. The predicted molar refractivity (Wildman–Crippen MR) is 97.9 cm³/mol. The van der Waals surface area contributed by atoms with Crippen molar-refractivity contribution in [2.45, 2.75) is 32.1 Å². The zero-order valence-corrected chi connectivity index (χ0v) is 14.9. The highest BCUT2D eigenvalue weighted by Gasteiger charge is 2.45. The van der Waals surface area contributed by atoms with E-state index >= 15 is 0 Å². The van der Waals surface area contributed by atoms with Crippen LogP contribution in [0, 0.1) is 0 Å². The van der Waals surface area contributed by atoms with E-state index in [0.717, 1.165) is 0 Å². The molecule has 2 aliphatic heterocycles. The van der Waals surface area contributed by atoms with Crippen LogP contribution in [0.2, 0.25) is 0 Å². The first kappa shape index (κ1) is 16.8. The van der Waals surface area contributed by atoms with Gasteiger partial charge in [-0.3, -0.25) is 4.79 Å². The Balaban J connectivity index is 1.80. The van der Waals surface area contributed by atoms with Crippen LogP contribution in [0.1, 0.15) is 30.0 Å². The molecule has 0 aliphatic carbocycles. The van der Waals surface area contributed by atoms with Crippen LogP contribution in [0.3, 0.4) is 0 Å². The maximum Gasteiger partial charge on any atom is 0.343 e. The number of fused-ring (bicyclic) bond motifs is 5. The number of hydrogen-bond acceptors (Lipinski definition) is 7. The molecular weight excluding hydrogens is 364 g/mol. The van der Waals surface area contributed by atoms with Crippen LogP contribution in [0.15, 0.2) is 29.1 Å². The number of carbonyl (C=O) groups is 1. The van der Waals surface area contributed by atoms with E-state index in [4.69, 9.17) is 4.74 Å². The van der Waals surface area contributed by atoms with Crippen molar-refractivity contribution in [3.63, 3.8) is 0 Å². The molecule has 5 rings (SSSR count). The van der Waals surface area contributed by atoms with Crippen molar-refractivity contribution in [2.75, 3.05) is 0 Å². The zero-order chi connectivity index (χ0) is 19.8. The predicted octanol–water partition coefficient (Wildman–Crippen LogP) is 1.49. The topological polar surface area (TPSA) is 122 Å². The number of aromatic nitrogens is 2. The number of ether oxygens (including phenoxy) is 1. The molecule has 3 aromatic rings. The number of rotatable bonds is 1. The van der Waals surface area contributed by atoms with Crippen LogP contribution < -0.4 is 5.56 Å². The van der Waals surface area contributed by atoms with Crippen LogP contribution in [-0.2, 0) is 28.3 Å². The molecule has 8 nitrogen and oxygen atoms in total. The van der Waals surface area contributed by atoms with Crippen LogP contribution in [0.25, 0.3) is 22.3 Å². The van der Waals surface area contributed by atoms with E-state index in [1.54, 1.807) is 25.1 Å². The Labute approximate surface area is 158 Å². The largest absolute Gasteiger partial charge is 0.504 e. The molecule has 28 heavy (non-hydrogen) atoms. The van der Waals surface area contributed by atoms with E-state index in [1.807, 2.05) is 0 Å². The molecule has 8 heteroatoms. The van der Waals surface area contributed by atoms with Crippen molar-refractivity contribution < 1.29 is 24.9 Å². The van der Waals surface area contributed by atoms with E-state index in [9.17, 15) is 24.9 Å². The maximum absolute atomic E-state index is 13.0. The number of pyridine rings is 2. The number of cyclic esters (lactones) is 1. The molecule has 142 valence electrons. The van der Waals surface area contributed by atoms with Crippen LogP contribution >= 0.6 is 0 Å². The number of phenolic OH excluding ortho intramolecular Hbond substituents is 2. The SMILES string of the molecule is CCC1(O)C(=O)OCc2c1cc1n(c2=O)Cc2cc3c(O)c(O)ccc3nc2-1. The second-order valence-electron chi connectivity index (χ2n) is 7.10. The Morgan fingerprint density at radius 1 is 1.25 bits per heavy atom. The lowest BCUT2D eigenvalue weighted by Crippen LogP contribution is -2.44. The van der Waals surface area contributed by atoms with E-state index in [2.05, 4.69) is 4.98 Å². The summed E-state index contributed by atoms with van der Waals surface area (Å²) < 4.78 is 6.56. The van der Waals surface area contributed by atoms with Gasteiger partial charge in [-0.25, -0.2) is 9.78 Å². The van der Waals surface area contributed by atoms with Gasteiger partial charge in [0.05, 0.1) is 29.0 Å². The molecule has 4 heterocycles. The normalized spacial score (nSPS) is 19.9.